The number of phenolic OH excluding ortho intramolecular Hbond substituents is 1. The molecule has 5 heteroatoms. The second-order valence-electron chi connectivity index (χ2n) is 4.20. The Morgan fingerprint density at radius 2 is 2.00 bits per heavy atom. The molecular formula is C14H16N4O. The van der Waals surface area contributed by atoms with Crippen LogP contribution in [0.25, 0.3) is 0 Å². The minimum absolute atomic E-state index is 0.231. The first-order valence-electron chi connectivity index (χ1n) is 5.98. The maximum atomic E-state index is 10.1. The van der Waals surface area contributed by atoms with Gasteiger partial charge in [0.1, 0.15) is 5.75 Å². The van der Waals surface area contributed by atoms with Crippen molar-refractivity contribution in [3.8, 4) is 5.75 Å². The third-order valence-corrected chi connectivity index (χ3v) is 2.78. The van der Waals surface area contributed by atoms with E-state index in [1.54, 1.807) is 23.0 Å². The van der Waals surface area contributed by atoms with Gasteiger partial charge in [0.05, 0.1) is 6.21 Å². The summed E-state index contributed by atoms with van der Waals surface area (Å²) in [5, 5.41) is 22.2. The van der Waals surface area contributed by atoms with Crippen LogP contribution >= 0.6 is 0 Å². The number of benzene rings is 1. The van der Waals surface area contributed by atoms with Crippen molar-refractivity contribution in [2.75, 3.05) is 0 Å². The number of hydrogen-bond donors (Lipinski definition) is 1. The van der Waals surface area contributed by atoms with Crippen molar-refractivity contribution in [3.05, 3.63) is 53.6 Å². The van der Waals surface area contributed by atoms with Crippen molar-refractivity contribution in [1.29, 1.82) is 0 Å². The van der Waals surface area contributed by atoms with Gasteiger partial charge >= 0.3 is 0 Å². The van der Waals surface area contributed by atoms with E-state index in [-0.39, 0.29) is 5.75 Å². The first-order valence-corrected chi connectivity index (χ1v) is 5.98. The lowest BCUT2D eigenvalue weighted by Gasteiger charge is -2.04. The Hall–Kier alpha value is -2.43. The van der Waals surface area contributed by atoms with Crippen molar-refractivity contribution >= 4 is 6.21 Å². The predicted molar refractivity (Wildman–Crippen MR) is 74.5 cm³/mol. The second kappa shape index (κ2) is 5.48. The van der Waals surface area contributed by atoms with Crippen molar-refractivity contribution in [1.82, 2.24) is 14.9 Å². The van der Waals surface area contributed by atoms with Crippen molar-refractivity contribution in [3.63, 3.8) is 0 Å². The minimum Gasteiger partial charge on any atom is -0.507 e. The van der Waals surface area contributed by atoms with Crippen molar-refractivity contribution in [2.24, 2.45) is 5.10 Å². The molecule has 19 heavy (non-hydrogen) atoms. The Bertz CT molecular complexity index is 609. The molecule has 1 aromatic heterocycles. The van der Waals surface area contributed by atoms with Gasteiger partial charge in [-0.3, -0.25) is 0 Å². The van der Waals surface area contributed by atoms with Crippen LogP contribution in [0.2, 0.25) is 0 Å². The Balaban J connectivity index is 2.34. The summed E-state index contributed by atoms with van der Waals surface area (Å²) >= 11 is 0. The molecule has 0 aliphatic heterocycles. The standard InChI is InChI=1S/C14H16N4O/c1-4-6-12-7-5-8-13(14(12)19)9-15-18-10(2)16-17-11(18)3/h4-5,7-9,19H,1,6H2,2-3H3/b15-9+. The molecule has 0 amide bonds. The van der Waals surface area contributed by atoms with E-state index in [0.29, 0.717) is 23.6 Å². The highest BCUT2D eigenvalue weighted by Gasteiger charge is 2.05. The van der Waals surface area contributed by atoms with Crippen LogP contribution in [0.4, 0.5) is 0 Å². The molecular weight excluding hydrogens is 240 g/mol. The fraction of sp³-hybridized carbons (Fsp3) is 0.214. The van der Waals surface area contributed by atoms with Gasteiger partial charge in [0.15, 0.2) is 11.6 Å². The van der Waals surface area contributed by atoms with Crippen LogP contribution in [0.3, 0.4) is 0 Å². The molecule has 5 nitrogen and oxygen atoms in total. The van der Waals surface area contributed by atoms with Crippen LogP contribution in [0, 0.1) is 13.8 Å². The summed E-state index contributed by atoms with van der Waals surface area (Å²) < 4.78 is 1.62. The molecule has 0 bridgehead atoms. The van der Waals surface area contributed by atoms with E-state index in [4.69, 9.17) is 0 Å². The van der Waals surface area contributed by atoms with E-state index in [2.05, 4.69) is 21.9 Å². The summed E-state index contributed by atoms with van der Waals surface area (Å²) in [6.07, 6.45) is 3.98. The van der Waals surface area contributed by atoms with Crippen LogP contribution in [-0.4, -0.2) is 26.2 Å². The van der Waals surface area contributed by atoms with Gasteiger partial charge in [-0.25, -0.2) is 4.68 Å². The van der Waals surface area contributed by atoms with Gasteiger partial charge in [0, 0.05) is 5.56 Å². The second-order valence-corrected chi connectivity index (χ2v) is 4.20. The molecule has 0 atom stereocenters. The van der Waals surface area contributed by atoms with Gasteiger partial charge in [-0.1, -0.05) is 18.2 Å². The molecule has 0 radical (unpaired) electrons. The van der Waals surface area contributed by atoms with Crippen LogP contribution in [-0.2, 0) is 6.42 Å². The Kier molecular flexibility index (Phi) is 3.75. The Labute approximate surface area is 111 Å². The topological polar surface area (TPSA) is 63.3 Å². The fourth-order valence-electron chi connectivity index (χ4n) is 1.79. The molecule has 0 saturated carbocycles. The number of aryl methyl sites for hydroxylation is 2. The zero-order valence-electron chi connectivity index (χ0n) is 11.0. The smallest absolute Gasteiger partial charge is 0.151 e. The van der Waals surface area contributed by atoms with Crippen LogP contribution in [0.15, 0.2) is 36.0 Å². The Morgan fingerprint density at radius 3 is 2.63 bits per heavy atom. The summed E-state index contributed by atoms with van der Waals surface area (Å²) in [6, 6.07) is 5.55. The number of para-hydroxylation sites is 1. The van der Waals surface area contributed by atoms with Gasteiger partial charge in [-0.2, -0.15) is 5.10 Å². The zero-order chi connectivity index (χ0) is 13.8. The Morgan fingerprint density at radius 1 is 1.32 bits per heavy atom. The molecule has 0 fully saturated rings. The highest BCUT2D eigenvalue weighted by Crippen LogP contribution is 2.21. The molecule has 0 aliphatic rings. The quantitative estimate of drug-likeness (QED) is 0.674. The minimum atomic E-state index is 0.231. The molecule has 0 saturated heterocycles. The molecule has 0 spiro atoms. The molecule has 1 heterocycles. The molecule has 0 unspecified atom stereocenters. The lowest BCUT2D eigenvalue weighted by molar-refractivity contribution is 0.469. The molecule has 98 valence electrons. The average molecular weight is 256 g/mol. The van der Waals surface area contributed by atoms with Crippen LogP contribution in [0.5, 0.6) is 5.75 Å². The number of allylic oxidation sites excluding steroid dienone is 1. The molecule has 2 rings (SSSR count). The lowest BCUT2D eigenvalue weighted by Crippen LogP contribution is -1.97. The molecule has 1 aromatic carbocycles. The van der Waals surface area contributed by atoms with Gasteiger partial charge in [0.2, 0.25) is 0 Å². The highest BCUT2D eigenvalue weighted by molar-refractivity contribution is 5.84. The SMILES string of the molecule is C=CCc1cccc(/C=N/n2c(C)nnc2C)c1O. The first-order chi connectivity index (χ1) is 9.13. The summed E-state index contributed by atoms with van der Waals surface area (Å²) in [5.41, 5.74) is 1.49. The monoisotopic (exact) mass is 256 g/mol. The van der Waals surface area contributed by atoms with E-state index >= 15 is 0 Å². The number of aromatic nitrogens is 3. The zero-order valence-corrected chi connectivity index (χ0v) is 11.0. The number of rotatable bonds is 4. The van der Waals surface area contributed by atoms with Crippen molar-refractivity contribution in [2.45, 2.75) is 20.3 Å². The largest absolute Gasteiger partial charge is 0.507 e. The van der Waals surface area contributed by atoms with Crippen molar-refractivity contribution < 1.29 is 5.11 Å². The fourth-order valence-corrected chi connectivity index (χ4v) is 1.79. The number of hydrogen-bond acceptors (Lipinski definition) is 4. The summed E-state index contributed by atoms with van der Waals surface area (Å²) in [5.74, 6) is 1.64. The normalized spacial score (nSPS) is 11.1. The maximum Gasteiger partial charge on any atom is 0.151 e. The average Bonchev–Trinajstić information content (AvgIpc) is 2.71. The third-order valence-electron chi connectivity index (χ3n) is 2.78. The molecule has 0 aliphatic carbocycles. The molecule has 2 aromatic rings. The third kappa shape index (κ3) is 2.70. The van der Waals surface area contributed by atoms with E-state index in [1.807, 2.05) is 26.0 Å². The summed E-state index contributed by atoms with van der Waals surface area (Å²) in [7, 11) is 0. The summed E-state index contributed by atoms with van der Waals surface area (Å²) in [6.45, 7) is 7.32. The molecule has 1 N–H and O–H groups in total. The number of phenols is 1. The number of nitrogens with zero attached hydrogens (tertiary/aromatic N) is 4. The summed E-state index contributed by atoms with van der Waals surface area (Å²) in [4.78, 5) is 0. The van der Waals surface area contributed by atoms with Gasteiger partial charge in [-0.05, 0) is 31.9 Å². The van der Waals surface area contributed by atoms with Crippen LogP contribution in [0.1, 0.15) is 22.8 Å². The maximum absolute atomic E-state index is 10.1. The van der Waals surface area contributed by atoms with Gasteiger partial charge in [0.25, 0.3) is 0 Å². The van der Waals surface area contributed by atoms with Gasteiger partial charge in [-0.15, -0.1) is 16.8 Å². The van der Waals surface area contributed by atoms with E-state index in [9.17, 15) is 5.11 Å². The van der Waals surface area contributed by atoms with Gasteiger partial charge < -0.3 is 5.11 Å². The van der Waals surface area contributed by atoms with E-state index in [0.717, 1.165) is 5.56 Å². The lowest BCUT2D eigenvalue weighted by atomic mass is 10.1. The highest BCUT2D eigenvalue weighted by atomic mass is 16.3. The van der Waals surface area contributed by atoms with E-state index in [1.165, 1.54) is 0 Å². The number of aromatic hydroxyl groups is 1. The predicted octanol–water partition coefficient (Wildman–Crippen LogP) is 2.21. The first kappa shape index (κ1) is 13.0. The van der Waals surface area contributed by atoms with E-state index < -0.39 is 0 Å². The van der Waals surface area contributed by atoms with Crippen LogP contribution < -0.4 is 0 Å².